The van der Waals surface area contributed by atoms with E-state index in [9.17, 15) is 13.2 Å². The summed E-state index contributed by atoms with van der Waals surface area (Å²) in [5.74, 6) is 0.425. The van der Waals surface area contributed by atoms with Crippen molar-refractivity contribution in [3.05, 3.63) is 94.0 Å². The van der Waals surface area contributed by atoms with Crippen molar-refractivity contribution < 1.29 is 17.9 Å². The first kappa shape index (κ1) is 23.9. The first-order valence-corrected chi connectivity index (χ1v) is 12.3. The molecule has 1 amide bonds. The van der Waals surface area contributed by atoms with Crippen LogP contribution in [0.5, 0.6) is 5.75 Å². The number of halogens is 2. The van der Waals surface area contributed by atoms with Crippen molar-refractivity contribution in [1.29, 1.82) is 0 Å². The molecule has 0 aliphatic rings. The summed E-state index contributed by atoms with van der Waals surface area (Å²) in [6.45, 7) is 0.768. The normalized spacial score (nSPS) is 11.1. The van der Waals surface area contributed by atoms with Crippen LogP contribution in [-0.2, 0) is 16.6 Å². The zero-order valence-electron chi connectivity index (χ0n) is 17.3. The lowest BCUT2D eigenvalue weighted by molar-refractivity contribution is 0.0947. The fourth-order valence-corrected chi connectivity index (χ4v) is 4.12. The van der Waals surface area contributed by atoms with Crippen molar-refractivity contribution in [2.45, 2.75) is 6.54 Å². The van der Waals surface area contributed by atoms with Crippen molar-refractivity contribution in [3.8, 4) is 5.75 Å². The third kappa shape index (κ3) is 6.88. The van der Waals surface area contributed by atoms with Gasteiger partial charge >= 0.3 is 0 Å². The maximum atomic E-state index is 12.3. The van der Waals surface area contributed by atoms with Gasteiger partial charge in [-0.15, -0.1) is 0 Å². The van der Waals surface area contributed by atoms with Crippen molar-refractivity contribution >= 4 is 44.8 Å². The van der Waals surface area contributed by atoms with Crippen LogP contribution in [0.3, 0.4) is 0 Å². The van der Waals surface area contributed by atoms with Crippen LogP contribution in [0, 0.1) is 0 Å². The summed E-state index contributed by atoms with van der Waals surface area (Å²) < 4.78 is 31.4. The fraction of sp³-hybridized carbons (Fsp3) is 0.174. The Morgan fingerprint density at radius 1 is 0.969 bits per heavy atom. The van der Waals surface area contributed by atoms with Gasteiger partial charge < -0.3 is 10.1 Å². The van der Waals surface area contributed by atoms with Gasteiger partial charge in [0.2, 0.25) is 10.0 Å². The number of rotatable bonds is 9. The molecular weight excluding hydrogens is 471 g/mol. The highest BCUT2D eigenvalue weighted by atomic mass is 35.5. The summed E-state index contributed by atoms with van der Waals surface area (Å²) in [5.41, 5.74) is 1.68. The van der Waals surface area contributed by atoms with Gasteiger partial charge in [0.15, 0.2) is 0 Å². The lowest BCUT2D eigenvalue weighted by atomic mass is 10.1. The number of amides is 1. The highest BCUT2D eigenvalue weighted by Gasteiger charge is 2.18. The molecule has 0 aliphatic heterocycles. The molecule has 3 aromatic rings. The molecule has 0 heterocycles. The van der Waals surface area contributed by atoms with Crippen LogP contribution >= 0.6 is 23.2 Å². The minimum absolute atomic E-state index is 0.121. The summed E-state index contributed by atoms with van der Waals surface area (Å²) in [4.78, 5) is 12.3. The zero-order valence-corrected chi connectivity index (χ0v) is 19.6. The molecule has 1 N–H and O–H groups in total. The van der Waals surface area contributed by atoms with Gasteiger partial charge in [-0.2, -0.15) is 0 Å². The Balaban J connectivity index is 1.57. The Morgan fingerprint density at radius 2 is 1.66 bits per heavy atom. The van der Waals surface area contributed by atoms with Gasteiger partial charge in [-0.25, -0.2) is 8.42 Å². The summed E-state index contributed by atoms with van der Waals surface area (Å²) in [7, 11) is -3.53. The number of ether oxygens (including phenoxy) is 1. The maximum absolute atomic E-state index is 12.3. The van der Waals surface area contributed by atoms with Crippen LogP contribution < -0.4 is 14.4 Å². The quantitative estimate of drug-likeness (QED) is 0.436. The van der Waals surface area contributed by atoms with Crippen LogP contribution in [0.2, 0.25) is 10.0 Å². The van der Waals surface area contributed by atoms with Crippen LogP contribution in [0.25, 0.3) is 0 Å². The predicted octanol–water partition coefficient (Wildman–Crippen LogP) is 4.77. The molecule has 3 aromatic carbocycles. The highest BCUT2D eigenvalue weighted by molar-refractivity contribution is 7.92. The standard InChI is InChI=1S/C23H22Cl2N2O4S/c1-32(29,30)27(21-4-2-3-20(25)15-21)16-17-5-7-18(8-6-17)23(28)26-13-14-31-22-11-9-19(24)10-12-22/h2-12,15H,13-14,16H2,1H3,(H,26,28). The van der Waals surface area contributed by atoms with E-state index in [-0.39, 0.29) is 12.5 Å². The molecule has 32 heavy (non-hydrogen) atoms. The van der Waals surface area contributed by atoms with E-state index in [1.165, 1.54) is 4.31 Å². The molecule has 168 valence electrons. The molecule has 0 spiro atoms. The van der Waals surface area contributed by atoms with Crippen LogP contribution in [0.4, 0.5) is 5.69 Å². The van der Waals surface area contributed by atoms with E-state index in [4.69, 9.17) is 27.9 Å². The van der Waals surface area contributed by atoms with E-state index < -0.39 is 10.0 Å². The molecule has 0 unspecified atom stereocenters. The number of anilines is 1. The molecule has 0 aliphatic carbocycles. The van der Waals surface area contributed by atoms with Crippen molar-refractivity contribution in [1.82, 2.24) is 5.32 Å². The number of carbonyl (C=O) groups is 1. The second-order valence-electron chi connectivity index (χ2n) is 7.00. The van der Waals surface area contributed by atoms with Gasteiger partial charge in [0.25, 0.3) is 5.91 Å². The van der Waals surface area contributed by atoms with Gasteiger partial charge in [0, 0.05) is 15.6 Å². The van der Waals surface area contributed by atoms with Crippen LogP contribution in [0.15, 0.2) is 72.8 Å². The number of sulfonamides is 1. The first-order chi connectivity index (χ1) is 15.2. The topological polar surface area (TPSA) is 75.7 Å². The average Bonchev–Trinajstić information content (AvgIpc) is 2.76. The van der Waals surface area contributed by atoms with Gasteiger partial charge in [-0.1, -0.05) is 41.4 Å². The SMILES string of the molecule is CS(=O)(=O)N(Cc1ccc(C(=O)NCCOc2ccc(Cl)cc2)cc1)c1cccc(Cl)c1. The number of nitrogens with zero attached hydrogens (tertiary/aromatic N) is 1. The predicted molar refractivity (Wildman–Crippen MR) is 128 cm³/mol. The van der Waals surface area contributed by atoms with Gasteiger partial charge in [0.1, 0.15) is 12.4 Å². The van der Waals surface area contributed by atoms with E-state index in [0.717, 1.165) is 11.8 Å². The molecular formula is C23H22Cl2N2O4S. The van der Waals surface area contributed by atoms with Gasteiger partial charge in [-0.05, 0) is 60.2 Å². The number of benzene rings is 3. The molecule has 3 rings (SSSR count). The number of hydrogen-bond donors (Lipinski definition) is 1. The second-order valence-corrected chi connectivity index (χ2v) is 9.78. The smallest absolute Gasteiger partial charge is 0.251 e. The number of carbonyl (C=O) groups excluding carboxylic acids is 1. The van der Waals surface area contributed by atoms with Crippen LogP contribution in [0.1, 0.15) is 15.9 Å². The summed E-state index contributed by atoms with van der Waals surface area (Å²) in [5, 5.41) is 3.86. The Morgan fingerprint density at radius 3 is 2.28 bits per heavy atom. The minimum Gasteiger partial charge on any atom is -0.492 e. The van der Waals surface area contributed by atoms with Crippen molar-refractivity contribution in [2.75, 3.05) is 23.7 Å². The Hall–Kier alpha value is -2.74. The zero-order chi connectivity index (χ0) is 23.1. The summed E-state index contributed by atoms with van der Waals surface area (Å²) in [6, 6.07) is 20.4. The maximum Gasteiger partial charge on any atom is 0.251 e. The monoisotopic (exact) mass is 492 g/mol. The largest absolute Gasteiger partial charge is 0.492 e. The summed E-state index contributed by atoms with van der Waals surface area (Å²) in [6.07, 6.45) is 1.14. The molecule has 6 nitrogen and oxygen atoms in total. The van der Waals surface area contributed by atoms with Crippen molar-refractivity contribution in [2.24, 2.45) is 0 Å². The minimum atomic E-state index is -3.53. The van der Waals surface area contributed by atoms with Crippen molar-refractivity contribution in [3.63, 3.8) is 0 Å². The lowest BCUT2D eigenvalue weighted by Gasteiger charge is -2.22. The average molecular weight is 493 g/mol. The van der Waals surface area contributed by atoms with E-state index in [2.05, 4.69) is 5.32 Å². The summed E-state index contributed by atoms with van der Waals surface area (Å²) >= 11 is 11.8. The van der Waals surface area contributed by atoms with Gasteiger partial charge in [-0.3, -0.25) is 9.10 Å². The van der Waals surface area contributed by atoms with E-state index in [1.54, 1.807) is 72.8 Å². The Kier molecular flexibility index (Phi) is 8.01. The third-order valence-corrected chi connectivity index (χ3v) is 6.14. The molecule has 0 fully saturated rings. The van der Waals surface area contributed by atoms with Gasteiger partial charge in [0.05, 0.1) is 25.0 Å². The lowest BCUT2D eigenvalue weighted by Crippen LogP contribution is -2.29. The highest BCUT2D eigenvalue weighted by Crippen LogP contribution is 2.24. The molecule has 0 atom stereocenters. The molecule has 0 saturated heterocycles. The second kappa shape index (κ2) is 10.7. The molecule has 0 saturated carbocycles. The van der Waals surface area contributed by atoms with Crippen LogP contribution in [-0.4, -0.2) is 33.7 Å². The molecule has 9 heteroatoms. The third-order valence-electron chi connectivity index (χ3n) is 4.51. The van der Waals surface area contributed by atoms with E-state index >= 15 is 0 Å². The van der Waals surface area contributed by atoms with E-state index in [1.807, 2.05) is 0 Å². The molecule has 0 radical (unpaired) electrons. The van der Waals surface area contributed by atoms with E-state index in [0.29, 0.717) is 40.2 Å². The molecule has 0 bridgehead atoms. The number of hydrogen-bond acceptors (Lipinski definition) is 4. The Bertz CT molecular complexity index is 1170. The fourth-order valence-electron chi connectivity index (χ4n) is 2.92. The molecule has 0 aromatic heterocycles. The number of nitrogens with one attached hydrogen (secondary N) is 1. The first-order valence-electron chi connectivity index (χ1n) is 9.71. The Labute approximate surface area is 197 Å².